The van der Waals surface area contributed by atoms with Crippen LogP contribution in [0, 0.1) is 0 Å². The molecular weight excluding hydrogens is 378 g/mol. The lowest BCUT2D eigenvalue weighted by molar-refractivity contribution is -0.136. The van der Waals surface area contributed by atoms with Crippen LogP contribution in [0.25, 0.3) is 0 Å². The summed E-state index contributed by atoms with van der Waals surface area (Å²) in [5.41, 5.74) is 1.67. The highest BCUT2D eigenvalue weighted by Crippen LogP contribution is 2.18. The molecule has 0 fully saturated rings. The monoisotopic (exact) mass is 389 g/mol. The number of alkyl halides is 1. The second kappa shape index (κ2) is 8.04. The fourth-order valence-corrected chi connectivity index (χ4v) is 3.33. The van der Waals surface area contributed by atoms with E-state index >= 15 is 0 Å². The second-order valence-corrected chi connectivity index (χ2v) is 7.17. The largest absolute Gasteiger partial charge is 0.347 e. The third-order valence-electron chi connectivity index (χ3n) is 2.59. The molecule has 2 amide bonds. The Hall–Kier alpha value is -2.24. The van der Waals surface area contributed by atoms with Crippen LogP contribution in [0.5, 0.6) is 0 Å². The Balaban J connectivity index is 2.02. The number of carbonyl (C=O) groups is 2. The summed E-state index contributed by atoms with van der Waals surface area (Å²) >= 11 is 6.45. The topological polar surface area (TPSA) is 130 Å². The summed E-state index contributed by atoms with van der Waals surface area (Å²) in [5, 5.41) is 11.9. The predicted octanol–water partition coefficient (Wildman–Crippen LogP) is 0.632. The highest BCUT2D eigenvalue weighted by molar-refractivity contribution is 7.93. The van der Waals surface area contributed by atoms with E-state index in [9.17, 15) is 18.0 Å². The van der Waals surface area contributed by atoms with Crippen molar-refractivity contribution in [3.05, 3.63) is 29.8 Å². The summed E-state index contributed by atoms with van der Waals surface area (Å²) in [5.74, 6) is -1.51. The molecule has 0 aliphatic carbocycles. The van der Waals surface area contributed by atoms with E-state index in [1.54, 1.807) is 0 Å². The highest BCUT2D eigenvalue weighted by atomic mass is 35.5. The van der Waals surface area contributed by atoms with Crippen LogP contribution in [0.4, 0.5) is 10.8 Å². The standard InChI is InChI=1S/C12H12ClN5O4S2/c13-5-6-14-10(19)11(20)16-8-1-3-9(4-2-8)24(21,22)18-12-17-15-7-23-12/h1-4,7H,5-6H2,(H,14,19)(H,16,20)(H,17,18). The molecule has 12 heteroatoms. The van der Waals surface area contributed by atoms with E-state index in [1.165, 1.54) is 29.8 Å². The van der Waals surface area contributed by atoms with Gasteiger partial charge in [0, 0.05) is 18.1 Å². The lowest BCUT2D eigenvalue weighted by Gasteiger charge is -2.07. The van der Waals surface area contributed by atoms with Crippen molar-refractivity contribution in [3.8, 4) is 0 Å². The van der Waals surface area contributed by atoms with E-state index in [-0.39, 0.29) is 28.1 Å². The lowest BCUT2D eigenvalue weighted by Crippen LogP contribution is -2.36. The molecule has 0 atom stereocenters. The van der Waals surface area contributed by atoms with Crippen LogP contribution < -0.4 is 15.4 Å². The van der Waals surface area contributed by atoms with Crippen LogP contribution in [0.1, 0.15) is 0 Å². The molecule has 1 aromatic heterocycles. The number of sulfonamides is 1. The normalized spacial score (nSPS) is 10.9. The number of carbonyl (C=O) groups excluding carboxylic acids is 2. The molecule has 1 aromatic carbocycles. The summed E-state index contributed by atoms with van der Waals surface area (Å²) in [6.07, 6.45) is 0. The third-order valence-corrected chi connectivity index (χ3v) is 4.87. The van der Waals surface area contributed by atoms with Gasteiger partial charge in [-0.3, -0.25) is 14.3 Å². The van der Waals surface area contributed by atoms with Gasteiger partial charge >= 0.3 is 11.8 Å². The molecule has 0 bridgehead atoms. The van der Waals surface area contributed by atoms with Gasteiger partial charge in [0.25, 0.3) is 10.0 Å². The first-order valence-corrected chi connectivity index (χ1v) is 9.36. The number of halogens is 1. The molecule has 1 heterocycles. The highest BCUT2D eigenvalue weighted by Gasteiger charge is 2.17. The lowest BCUT2D eigenvalue weighted by atomic mass is 10.3. The van der Waals surface area contributed by atoms with Crippen LogP contribution in [-0.4, -0.2) is 42.9 Å². The van der Waals surface area contributed by atoms with Gasteiger partial charge in [0.1, 0.15) is 5.51 Å². The number of rotatable bonds is 6. The maximum Gasteiger partial charge on any atom is 0.313 e. The molecule has 0 radical (unpaired) electrons. The smallest absolute Gasteiger partial charge is 0.313 e. The molecule has 24 heavy (non-hydrogen) atoms. The minimum Gasteiger partial charge on any atom is -0.347 e. The van der Waals surface area contributed by atoms with Gasteiger partial charge in [-0.1, -0.05) is 11.3 Å². The first-order valence-electron chi connectivity index (χ1n) is 6.46. The van der Waals surface area contributed by atoms with Crippen molar-refractivity contribution in [2.24, 2.45) is 0 Å². The maximum atomic E-state index is 12.1. The summed E-state index contributed by atoms with van der Waals surface area (Å²) in [7, 11) is -3.81. The van der Waals surface area contributed by atoms with Gasteiger partial charge in [0.05, 0.1) is 4.90 Å². The molecule has 0 aliphatic heterocycles. The van der Waals surface area contributed by atoms with Crippen LogP contribution in [0.3, 0.4) is 0 Å². The van der Waals surface area contributed by atoms with Crippen LogP contribution >= 0.6 is 22.9 Å². The zero-order valence-corrected chi connectivity index (χ0v) is 14.4. The average molecular weight is 390 g/mol. The first-order chi connectivity index (χ1) is 11.4. The van der Waals surface area contributed by atoms with Crippen molar-refractivity contribution < 1.29 is 18.0 Å². The molecule has 3 N–H and O–H groups in total. The van der Waals surface area contributed by atoms with Crippen molar-refractivity contribution in [2.45, 2.75) is 4.90 Å². The van der Waals surface area contributed by atoms with Gasteiger partial charge in [0.2, 0.25) is 5.13 Å². The molecule has 0 unspecified atom stereocenters. The van der Waals surface area contributed by atoms with Gasteiger partial charge < -0.3 is 10.6 Å². The quantitative estimate of drug-likeness (QED) is 0.490. The zero-order chi connectivity index (χ0) is 17.6. The molecule has 9 nitrogen and oxygen atoms in total. The maximum absolute atomic E-state index is 12.1. The predicted molar refractivity (Wildman–Crippen MR) is 89.5 cm³/mol. The molecule has 128 valence electrons. The van der Waals surface area contributed by atoms with Crippen LogP contribution in [-0.2, 0) is 19.6 Å². The van der Waals surface area contributed by atoms with E-state index in [1.807, 2.05) is 0 Å². The molecule has 2 rings (SSSR count). The number of nitrogens with zero attached hydrogens (tertiary/aromatic N) is 2. The number of hydrogen-bond donors (Lipinski definition) is 3. The van der Waals surface area contributed by atoms with Crippen LogP contribution in [0.2, 0.25) is 0 Å². The number of aromatic nitrogens is 2. The fourth-order valence-electron chi connectivity index (χ4n) is 1.54. The van der Waals surface area contributed by atoms with Crippen molar-refractivity contribution in [1.29, 1.82) is 0 Å². The molecular formula is C12H12ClN5O4S2. The molecule has 0 aliphatic rings. The Bertz CT molecular complexity index is 808. The van der Waals surface area contributed by atoms with Gasteiger partial charge in [-0.15, -0.1) is 21.8 Å². The van der Waals surface area contributed by atoms with E-state index in [2.05, 4.69) is 25.6 Å². The Kier molecular flexibility index (Phi) is 6.06. The van der Waals surface area contributed by atoms with E-state index in [4.69, 9.17) is 11.6 Å². The minimum atomic E-state index is -3.81. The number of nitrogens with one attached hydrogen (secondary N) is 3. The molecule has 0 saturated heterocycles. The van der Waals surface area contributed by atoms with Gasteiger partial charge in [-0.2, -0.15) is 0 Å². The van der Waals surface area contributed by atoms with Crippen molar-refractivity contribution >= 4 is 55.6 Å². The molecule has 0 spiro atoms. The molecule has 0 saturated carbocycles. The summed E-state index contributed by atoms with van der Waals surface area (Å²) in [4.78, 5) is 23.0. The first kappa shape index (κ1) is 18.1. The SMILES string of the molecule is O=C(NCCCl)C(=O)Nc1ccc(S(=O)(=O)Nc2nncs2)cc1. The summed E-state index contributed by atoms with van der Waals surface area (Å²) < 4.78 is 26.5. The minimum absolute atomic E-state index is 0.0257. The van der Waals surface area contributed by atoms with Crippen LogP contribution in [0.15, 0.2) is 34.7 Å². The number of benzene rings is 1. The Morgan fingerprint density at radius 2 is 1.88 bits per heavy atom. The van der Waals surface area contributed by atoms with E-state index in [0.717, 1.165) is 11.3 Å². The van der Waals surface area contributed by atoms with Crippen molar-refractivity contribution in [3.63, 3.8) is 0 Å². The van der Waals surface area contributed by atoms with Crippen molar-refractivity contribution in [1.82, 2.24) is 15.5 Å². The average Bonchev–Trinajstić information content (AvgIpc) is 3.05. The summed E-state index contributed by atoms with van der Waals surface area (Å²) in [6, 6.07) is 5.30. The number of anilines is 2. The van der Waals surface area contributed by atoms with Gasteiger partial charge in [-0.25, -0.2) is 8.42 Å². The summed E-state index contributed by atoms with van der Waals surface area (Å²) in [6.45, 7) is 0.169. The fraction of sp³-hybridized carbons (Fsp3) is 0.167. The number of amides is 2. The second-order valence-electron chi connectivity index (χ2n) is 4.27. The van der Waals surface area contributed by atoms with E-state index in [0.29, 0.717) is 0 Å². The number of hydrogen-bond acceptors (Lipinski definition) is 7. The van der Waals surface area contributed by atoms with E-state index < -0.39 is 21.8 Å². The third kappa shape index (κ3) is 4.88. The Morgan fingerprint density at radius 1 is 1.17 bits per heavy atom. The zero-order valence-electron chi connectivity index (χ0n) is 12.0. The van der Waals surface area contributed by atoms with Gasteiger partial charge in [-0.05, 0) is 24.3 Å². The van der Waals surface area contributed by atoms with Crippen molar-refractivity contribution in [2.75, 3.05) is 22.5 Å². The molecule has 2 aromatic rings. The Labute approximate surface area is 146 Å². The van der Waals surface area contributed by atoms with Gasteiger partial charge in [0.15, 0.2) is 0 Å². The Morgan fingerprint density at radius 3 is 2.46 bits per heavy atom.